The van der Waals surface area contributed by atoms with Crippen LogP contribution >= 0.6 is 20.2 Å². The third-order valence-electron chi connectivity index (χ3n) is 3.96. The molecule has 0 saturated heterocycles. The molecule has 0 saturated carbocycles. The molecule has 144 valence electrons. The third kappa shape index (κ3) is 5.77. The van der Waals surface area contributed by atoms with Crippen molar-refractivity contribution in [1.29, 1.82) is 0 Å². The zero-order valence-corrected chi connectivity index (χ0v) is 19.1. The molecule has 2 aromatic carbocycles. The number of rotatable bonds is 4. The molecule has 0 aliphatic heterocycles. The predicted octanol–water partition coefficient (Wildman–Crippen LogP) is 5.56. The van der Waals surface area contributed by atoms with E-state index in [-0.39, 0.29) is 10.8 Å². The SMILES string of the molecule is CC(C)(C)c1ccc(I(OS(=O)(=O)O)c2ccc(C(C)(C)C)cc2)cc1. The van der Waals surface area contributed by atoms with Gasteiger partial charge < -0.3 is 0 Å². The van der Waals surface area contributed by atoms with Crippen LogP contribution in [0, 0.1) is 7.14 Å². The van der Waals surface area contributed by atoms with Gasteiger partial charge in [-0.3, -0.25) is 0 Å². The zero-order valence-electron chi connectivity index (χ0n) is 16.1. The Kier molecular flexibility index (Phi) is 6.22. The van der Waals surface area contributed by atoms with E-state index >= 15 is 0 Å². The second-order valence-corrected chi connectivity index (χ2v) is 14.2. The Bertz CT molecular complexity index is 785. The van der Waals surface area contributed by atoms with Crippen molar-refractivity contribution in [3.05, 3.63) is 66.8 Å². The minimum atomic E-state index is -4.53. The minimum absolute atomic E-state index is 0.00976. The van der Waals surface area contributed by atoms with Crippen molar-refractivity contribution in [3.8, 4) is 0 Å². The number of hydrogen-bond donors (Lipinski definition) is 1. The Morgan fingerprint density at radius 1 is 0.731 bits per heavy atom. The Morgan fingerprint density at radius 2 is 1.04 bits per heavy atom. The third-order valence-corrected chi connectivity index (χ3v) is 10.4. The summed E-state index contributed by atoms with van der Waals surface area (Å²) < 4.78 is 38.9. The van der Waals surface area contributed by atoms with Gasteiger partial charge in [-0.2, -0.15) is 0 Å². The van der Waals surface area contributed by atoms with Gasteiger partial charge in [0.15, 0.2) is 0 Å². The van der Waals surface area contributed by atoms with Crippen LogP contribution in [0.4, 0.5) is 0 Å². The van der Waals surface area contributed by atoms with E-state index in [0.29, 0.717) is 0 Å². The summed E-state index contributed by atoms with van der Waals surface area (Å²) >= 11 is -2.78. The summed E-state index contributed by atoms with van der Waals surface area (Å²) in [5.74, 6) is 0. The van der Waals surface area contributed by atoms with Crippen molar-refractivity contribution in [2.45, 2.75) is 52.4 Å². The fourth-order valence-corrected chi connectivity index (χ4v) is 8.07. The molecule has 0 amide bonds. The fraction of sp³-hybridized carbons (Fsp3) is 0.400. The monoisotopic (exact) mass is 490 g/mol. The molecule has 26 heavy (non-hydrogen) atoms. The predicted molar refractivity (Wildman–Crippen MR) is 114 cm³/mol. The number of hydrogen-bond acceptors (Lipinski definition) is 3. The van der Waals surface area contributed by atoms with Gasteiger partial charge in [-0.1, -0.05) is 0 Å². The van der Waals surface area contributed by atoms with Gasteiger partial charge in [0.2, 0.25) is 0 Å². The van der Waals surface area contributed by atoms with Crippen LogP contribution in [-0.2, 0) is 23.7 Å². The van der Waals surface area contributed by atoms with Gasteiger partial charge in [0.1, 0.15) is 0 Å². The zero-order chi connectivity index (χ0) is 19.8. The van der Waals surface area contributed by atoms with Crippen LogP contribution in [0.25, 0.3) is 0 Å². The van der Waals surface area contributed by atoms with Crippen molar-refractivity contribution in [3.63, 3.8) is 0 Å². The topological polar surface area (TPSA) is 63.6 Å². The molecule has 0 aromatic heterocycles. The van der Waals surface area contributed by atoms with Crippen LogP contribution in [0.2, 0.25) is 0 Å². The molecular weight excluding hydrogens is 463 g/mol. The Morgan fingerprint density at radius 3 is 1.27 bits per heavy atom. The first-order valence-electron chi connectivity index (χ1n) is 8.36. The van der Waals surface area contributed by atoms with E-state index in [1.165, 1.54) is 0 Å². The van der Waals surface area contributed by atoms with Gasteiger partial charge in [-0.15, -0.1) is 0 Å². The Hall–Kier alpha value is -0.960. The second kappa shape index (κ2) is 7.58. The molecule has 0 atom stereocenters. The number of benzene rings is 2. The summed E-state index contributed by atoms with van der Waals surface area (Å²) in [5.41, 5.74) is 2.34. The summed E-state index contributed by atoms with van der Waals surface area (Å²) in [6.07, 6.45) is 0. The number of halogens is 1. The van der Waals surface area contributed by atoms with Gasteiger partial charge in [-0.05, 0) is 0 Å². The molecule has 0 radical (unpaired) electrons. The van der Waals surface area contributed by atoms with Crippen LogP contribution in [-0.4, -0.2) is 13.0 Å². The molecule has 0 aliphatic rings. The van der Waals surface area contributed by atoms with E-state index in [4.69, 9.17) is 2.51 Å². The molecule has 0 heterocycles. The molecular formula is C20H27IO4S. The van der Waals surface area contributed by atoms with E-state index in [2.05, 4.69) is 41.5 Å². The van der Waals surface area contributed by atoms with Crippen molar-refractivity contribution >= 4 is 30.6 Å². The van der Waals surface area contributed by atoms with Gasteiger partial charge in [0, 0.05) is 0 Å². The van der Waals surface area contributed by atoms with E-state index in [0.717, 1.165) is 18.3 Å². The van der Waals surface area contributed by atoms with Crippen LogP contribution < -0.4 is 0 Å². The molecule has 0 unspecified atom stereocenters. The summed E-state index contributed by atoms with van der Waals surface area (Å²) in [4.78, 5) is 0. The molecule has 4 nitrogen and oxygen atoms in total. The molecule has 0 bridgehead atoms. The standard InChI is InChI=1S/C20H27IO4S/c1-19(2,3)15-7-11-17(12-8-15)21(25-26(22,23)24)18-13-9-16(10-14-18)20(4,5)6/h7-14H,1-6H3,(H,22,23,24). The van der Waals surface area contributed by atoms with Crippen LogP contribution in [0.15, 0.2) is 48.5 Å². The Balaban J connectivity index is 2.44. The average Bonchev–Trinajstić information content (AvgIpc) is 2.50. The summed E-state index contributed by atoms with van der Waals surface area (Å²) in [6, 6.07) is 15.6. The van der Waals surface area contributed by atoms with Crippen molar-refractivity contribution in [2.75, 3.05) is 0 Å². The van der Waals surface area contributed by atoms with Crippen molar-refractivity contribution in [2.24, 2.45) is 0 Å². The van der Waals surface area contributed by atoms with E-state index in [1.807, 2.05) is 48.5 Å². The molecule has 6 heteroatoms. The van der Waals surface area contributed by atoms with Gasteiger partial charge in [0.05, 0.1) is 0 Å². The summed E-state index contributed by atoms with van der Waals surface area (Å²) in [5, 5.41) is 0. The normalized spacial score (nSPS) is 13.6. The van der Waals surface area contributed by atoms with Gasteiger partial charge in [0.25, 0.3) is 0 Å². The molecule has 0 fully saturated rings. The summed E-state index contributed by atoms with van der Waals surface area (Å²) in [6.45, 7) is 12.7. The van der Waals surface area contributed by atoms with Crippen molar-refractivity contribution < 1.29 is 15.5 Å². The second-order valence-electron chi connectivity index (χ2n) is 8.25. The summed E-state index contributed by atoms with van der Waals surface area (Å²) in [7, 11) is -4.53. The van der Waals surface area contributed by atoms with E-state index in [1.54, 1.807) is 0 Å². The van der Waals surface area contributed by atoms with E-state index < -0.39 is 30.6 Å². The Labute approximate surface area is 164 Å². The first-order valence-corrected chi connectivity index (χ1v) is 12.8. The van der Waals surface area contributed by atoms with E-state index in [9.17, 15) is 13.0 Å². The quantitative estimate of drug-likeness (QED) is 0.450. The molecule has 2 rings (SSSR count). The van der Waals surface area contributed by atoms with Crippen LogP contribution in [0.3, 0.4) is 0 Å². The van der Waals surface area contributed by atoms with Crippen molar-refractivity contribution in [1.82, 2.24) is 0 Å². The van der Waals surface area contributed by atoms with Gasteiger partial charge in [-0.25, -0.2) is 0 Å². The average molecular weight is 490 g/mol. The molecule has 0 aliphatic carbocycles. The van der Waals surface area contributed by atoms with Crippen LogP contribution in [0.1, 0.15) is 52.7 Å². The van der Waals surface area contributed by atoms with Gasteiger partial charge >= 0.3 is 165 Å². The fourth-order valence-electron chi connectivity index (χ4n) is 2.41. The first-order chi connectivity index (χ1) is 11.8. The maximum absolute atomic E-state index is 11.4. The molecule has 2 aromatic rings. The molecule has 0 spiro atoms. The van der Waals surface area contributed by atoms with Crippen LogP contribution in [0.5, 0.6) is 0 Å². The molecule has 1 N–H and O–H groups in total. The maximum atomic E-state index is 11.4. The first kappa shape index (κ1) is 21.3.